The summed E-state index contributed by atoms with van der Waals surface area (Å²) >= 11 is 0. The smallest absolute Gasteiger partial charge is 0.329 e. The van der Waals surface area contributed by atoms with Gasteiger partial charge in [0.1, 0.15) is 11.6 Å². The number of nitrogens with one attached hydrogen (secondary N) is 1. The Kier molecular flexibility index (Phi) is 5.24. The minimum atomic E-state index is -3.40. The van der Waals surface area contributed by atoms with E-state index in [0.29, 0.717) is 31.4 Å². The van der Waals surface area contributed by atoms with Crippen LogP contribution >= 0.6 is 0 Å². The van der Waals surface area contributed by atoms with E-state index in [9.17, 15) is 23.6 Å². The van der Waals surface area contributed by atoms with Crippen LogP contribution in [0.3, 0.4) is 0 Å². The van der Waals surface area contributed by atoms with Crippen molar-refractivity contribution in [3.05, 3.63) is 35.4 Å². The van der Waals surface area contributed by atoms with Crippen molar-refractivity contribution in [1.29, 1.82) is 5.26 Å². The van der Waals surface area contributed by atoms with Crippen molar-refractivity contribution in [3.63, 3.8) is 0 Å². The first-order chi connectivity index (χ1) is 15.2. The van der Waals surface area contributed by atoms with Gasteiger partial charge in [0.25, 0.3) is 0 Å². The fraction of sp³-hybridized carbons (Fsp3) is 0.429. The van der Waals surface area contributed by atoms with Crippen LogP contribution in [0.1, 0.15) is 49.7 Å². The second-order valence-corrected chi connectivity index (χ2v) is 7.89. The van der Waals surface area contributed by atoms with E-state index >= 15 is 0 Å². The van der Waals surface area contributed by atoms with Gasteiger partial charge in [-0.15, -0.1) is 0 Å². The summed E-state index contributed by atoms with van der Waals surface area (Å²) in [7, 11) is 0. The van der Waals surface area contributed by atoms with Crippen LogP contribution in [-0.2, 0) is 25.7 Å². The lowest BCUT2D eigenvalue weighted by molar-refractivity contribution is -0.143. The molecule has 2 aromatic heterocycles. The lowest BCUT2D eigenvalue weighted by Gasteiger charge is -2.22. The van der Waals surface area contributed by atoms with Crippen LogP contribution in [0.4, 0.5) is 26.1 Å². The first kappa shape index (κ1) is 21.5. The molecule has 4 rings (SSSR count). The van der Waals surface area contributed by atoms with Crippen molar-refractivity contribution in [2.75, 3.05) is 23.4 Å². The number of hydrogen-bond donors (Lipinski definition) is 1. The molecule has 1 N–H and O–H groups in total. The van der Waals surface area contributed by atoms with E-state index in [1.165, 1.54) is 6.07 Å². The van der Waals surface area contributed by atoms with E-state index in [-0.39, 0.29) is 23.5 Å². The van der Waals surface area contributed by atoms with E-state index in [0.717, 1.165) is 18.4 Å². The molecular weight excluding hydrogens is 422 g/mol. The number of fused-ring (bicyclic) bond motifs is 2. The normalized spacial score (nSPS) is 16.8. The number of carbonyl (C=O) groups is 2. The van der Waals surface area contributed by atoms with Gasteiger partial charge in [0, 0.05) is 42.8 Å². The van der Waals surface area contributed by atoms with Gasteiger partial charge in [-0.1, -0.05) is 0 Å². The molecule has 0 aromatic carbocycles. The molecule has 0 radical (unpaired) electrons. The number of amides is 1. The molecule has 3 heterocycles. The average molecular weight is 442 g/mol. The Morgan fingerprint density at radius 2 is 2.19 bits per heavy atom. The zero-order valence-electron chi connectivity index (χ0n) is 17.4. The van der Waals surface area contributed by atoms with Crippen molar-refractivity contribution < 1.29 is 23.1 Å². The first-order valence-corrected chi connectivity index (χ1v) is 10.0. The van der Waals surface area contributed by atoms with Crippen molar-refractivity contribution in [2.24, 2.45) is 0 Å². The van der Waals surface area contributed by atoms with E-state index in [1.54, 1.807) is 30.2 Å². The van der Waals surface area contributed by atoms with E-state index in [1.807, 2.05) is 0 Å². The van der Waals surface area contributed by atoms with Gasteiger partial charge in [-0.3, -0.25) is 9.59 Å². The van der Waals surface area contributed by atoms with Crippen LogP contribution in [-0.4, -0.2) is 40.5 Å². The molecule has 1 unspecified atom stereocenters. The van der Waals surface area contributed by atoms with E-state index < -0.39 is 23.6 Å². The van der Waals surface area contributed by atoms with Crippen LogP contribution < -0.4 is 10.2 Å². The fourth-order valence-corrected chi connectivity index (χ4v) is 3.87. The summed E-state index contributed by atoms with van der Waals surface area (Å²) in [6.07, 6.45) is 3.96. The molecular formula is C21H20F2N6O3. The Balaban J connectivity index is 1.84. The summed E-state index contributed by atoms with van der Waals surface area (Å²) in [4.78, 5) is 37.0. The number of pyridine rings is 1. The molecule has 0 saturated heterocycles. The van der Waals surface area contributed by atoms with Crippen LogP contribution in [0.5, 0.6) is 0 Å². The number of carbonyl (C=O) groups excluding carboxylic acids is 2. The van der Waals surface area contributed by atoms with Gasteiger partial charge in [0.15, 0.2) is 5.92 Å². The molecule has 32 heavy (non-hydrogen) atoms. The number of aromatic nitrogens is 3. The van der Waals surface area contributed by atoms with Gasteiger partial charge in [0.2, 0.25) is 12.2 Å². The summed E-state index contributed by atoms with van der Waals surface area (Å²) in [6, 6.07) is 4.79. The topological polar surface area (TPSA) is 121 Å². The Bertz CT molecular complexity index is 1120. The SMILES string of the molecule is CCOC(=O)C(C#N)c1cc(N2CC3(CC3)c3cnc(NC=O)cc32)nc(C(C)(F)F)n1. The van der Waals surface area contributed by atoms with Crippen LogP contribution in [0.2, 0.25) is 0 Å². The number of ether oxygens (including phenoxy) is 1. The monoisotopic (exact) mass is 442 g/mol. The van der Waals surface area contributed by atoms with E-state index in [2.05, 4.69) is 20.3 Å². The Labute approximate surface area is 182 Å². The van der Waals surface area contributed by atoms with Gasteiger partial charge in [-0.25, -0.2) is 15.0 Å². The quantitative estimate of drug-likeness (QED) is 0.513. The summed E-state index contributed by atoms with van der Waals surface area (Å²) in [5.74, 6) is -6.11. The Morgan fingerprint density at radius 1 is 1.44 bits per heavy atom. The van der Waals surface area contributed by atoms with Crippen molar-refractivity contribution >= 4 is 29.7 Å². The lowest BCUT2D eigenvalue weighted by Crippen LogP contribution is -2.25. The zero-order valence-corrected chi connectivity index (χ0v) is 17.4. The van der Waals surface area contributed by atoms with Gasteiger partial charge < -0.3 is 15.0 Å². The highest BCUT2D eigenvalue weighted by atomic mass is 19.3. The molecule has 1 fully saturated rings. The van der Waals surface area contributed by atoms with Gasteiger partial charge >= 0.3 is 11.9 Å². The minimum Gasteiger partial charge on any atom is -0.465 e. The number of rotatable bonds is 7. The molecule has 2 aliphatic rings. The second-order valence-electron chi connectivity index (χ2n) is 7.89. The largest absolute Gasteiger partial charge is 0.465 e. The zero-order chi connectivity index (χ0) is 23.1. The summed E-state index contributed by atoms with van der Waals surface area (Å²) in [5.41, 5.74) is 1.27. The molecule has 1 atom stereocenters. The van der Waals surface area contributed by atoms with Gasteiger partial charge in [-0.05, 0) is 19.8 Å². The number of nitriles is 1. The molecule has 2 aromatic rings. The number of hydrogen-bond acceptors (Lipinski definition) is 8. The molecule has 1 aliphatic carbocycles. The lowest BCUT2D eigenvalue weighted by atomic mass is 10.0. The van der Waals surface area contributed by atoms with Gasteiger partial charge in [-0.2, -0.15) is 14.0 Å². The predicted molar refractivity (Wildman–Crippen MR) is 108 cm³/mol. The molecule has 166 valence electrons. The third kappa shape index (κ3) is 3.72. The summed E-state index contributed by atoms with van der Waals surface area (Å²) < 4.78 is 33.4. The summed E-state index contributed by atoms with van der Waals surface area (Å²) in [5, 5.41) is 12.0. The highest BCUT2D eigenvalue weighted by Crippen LogP contribution is 2.58. The third-order valence-corrected chi connectivity index (χ3v) is 5.61. The molecule has 11 heteroatoms. The summed E-state index contributed by atoms with van der Waals surface area (Å²) in [6.45, 7) is 2.74. The van der Waals surface area contributed by atoms with Gasteiger partial charge in [0.05, 0.1) is 24.1 Å². The molecule has 9 nitrogen and oxygen atoms in total. The van der Waals surface area contributed by atoms with Crippen molar-refractivity contribution in [3.8, 4) is 6.07 Å². The number of alkyl halides is 2. The molecule has 1 spiro atoms. The average Bonchev–Trinajstić information content (AvgIpc) is 3.45. The molecule has 1 amide bonds. The molecule has 1 aliphatic heterocycles. The maximum atomic E-state index is 14.2. The van der Waals surface area contributed by atoms with Crippen molar-refractivity contribution in [1.82, 2.24) is 15.0 Å². The maximum absolute atomic E-state index is 14.2. The number of nitrogens with zero attached hydrogens (tertiary/aromatic N) is 5. The van der Waals surface area contributed by atoms with Crippen molar-refractivity contribution in [2.45, 2.75) is 43.9 Å². The maximum Gasteiger partial charge on any atom is 0.329 e. The Morgan fingerprint density at radius 3 is 2.78 bits per heavy atom. The highest BCUT2D eigenvalue weighted by molar-refractivity contribution is 5.82. The van der Waals surface area contributed by atoms with E-state index in [4.69, 9.17) is 4.74 Å². The van der Waals surface area contributed by atoms with Crippen LogP contribution in [0, 0.1) is 11.3 Å². The number of esters is 1. The second kappa shape index (κ2) is 7.78. The Hall–Kier alpha value is -3.68. The van der Waals surface area contributed by atoms with Crippen LogP contribution in [0.25, 0.3) is 0 Å². The molecule has 1 saturated carbocycles. The standard InChI is InChI=1S/C21H20F2N6O3/c1-3-32-18(31)12(8-24)14-6-17(28-19(27-14)20(2,22)23)29-10-21(4-5-21)13-9-25-16(26-11-30)7-15(13)29/h6-7,9,11-12H,3-5,10H2,1-2H3,(H,25,26,30). The highest BCUT2D eigenvalue weighted by Gasteiger charge is 2.53. The number of anilines is 3. The first-order valence-electron chi connectivity index (χ1n) is 10.0. The fourth-order valence-electron chi connectivity index (χ4n) is 3.87. The van der Waals surface area contributed by atoms with Crippen LogP contribution in [0.15, 0.2) is 18.3 Å². The molecule has 0 bridgehead atoms. The number of halogens is 2. The minimum absolute atomic E-state index is 0.0350. The third-order valence-electron chi connectivity index (χ3n) is 5.61. The predicted octanol–water partition coefficient (Wildman–Crippen LogP) is 2.91.